The third-order valence-electron chi connectivity index (χ3n) is 6.49. The van der Waals surface area contributed by atoms with Crippen LogP contribution in [0.25, 0.3) is 10.8 Å². The number of hydrogen-bond acceptors (Lipinski definition) is 4. The molecule has 2 amide bonds. The first kappa shape index (κ1) is 16.3. The third kappa shape index (κ3) is 2.06. The van der Waals surface area contributed by atoms with Gasteiger partial charge in [0.05, 0.1) is 5.69 Å². The van der Waals surface area contributed by atoms with Crippen LogP contribution in [0.4, 0.5) is 5.69 Å². The number of anilines is 1. The lowest BCUT2D eigenvalue weighted by Gasteiger charge is -2.42. The lowest BCUT2D eigenvalue weighted by molar-refractivity contribution is 0.0396. The minimum absolute atomic E-state index is 0.0246. The molecule has 0 radical (unpaired) electrons. The number of carbonyl (C=O) groups is 2. The number of nitrogen functional groups attached to an aromatic ring is 1. The Balaban J connectivity index is 1.64. The van der Waals surface area contributed by atoms with Crippen LogP contribution in [0.1, 0.15) is 46.4 Å². The molecule has 5 rings (SSSR count). The molecule has 3 aliphatic rings. The van der Waals surface area contributed by atoms with Crippen LogP contribution in [0, 0.1) is 0 Å². The van der Waals surface area contributed by atoms with E-state index in [1.807, 2.05) is 18.2 Å². The standard InChI is InChI=1S/C20H20BrN3O2/c1-23-10-5-6-11(23)8-12(7-10)24-19(25)14-4-2-3-13-17(14)15(20(24)26)9-16(21)18(13)22/h2-4,9-12H,5-8,22H2,1H3/t10-,11+,12-. The Morgan fingerprint density at radius 2 is 1.69 bits per heavy atom. The van der Waals surface area contributed by atoms with Gasteiger partial charge >= 0.3 is 0 Å². The number of amides is 2. The van der Waals surface area contributed by atoms with Gasteiger partial charge in [-0.3, -0.25) is 14.5 Å². The fourth-order valence-corrected chi connectivity index (χ4v) is 5.54. The molecule has 0 unspecified atom stereocenters. The van der Waals surface area contributed by atoms with Crippen molar-refractivity contribution in [2.45, 2.75) is 43.8 Å². The zero-order valence-corrected chi connectivity index (χ0v) is 16.1. The van der Waals surface area contributed by atoms with E-state index in [0.29, 0.717) is 38.8 Å². The van der Waals surface area contributed by atoms with Crippen LogP contribution in [0.2, 0.25) is 0 Å². The van der Waals surface area contributed by atoms with Crippen molar-refractivity contribution in [3.8, 4) is 0 Å². The van der Waals surface area contributed by atoms with Crippen molar-refractivity contribution < 1.29 is 9.59 Å². The highest BCUT2D eigenvalue weighted by Gasteiger charge is 2.45. The first-order valence-electron chi connectivity index (χ1n) is 9.08. The molecule has 3 aliphatic heterocycles. The monoisotopic (exact) mass is 413 g/mol. The van der Waals surface area contributed by atoms with Gasteiger partial charge in [-0.1, -0.05) is 12.1 Å². The maximum atomic E-state index is 13.3. The van der Waals surface area contributed by atoms with Gasteiger partial charge in [-0.25, -0.2) is 0 Å². The normalized spacial score (nSPS) is 28.2. The summed E-state index contributed by atoms with van der Waals surface area (Å²) >= 11 is 3.46. The number of rotatable bonds is 1. The topological polar surface area (TPSA) is 66.6 Å². The smallest absolute Gasteiger partial charge is 0.261 e. The lowest BCUT2D eigenvalue weighted by Crippen LogP contribution is -2.54. The maximum Gasteiger partial charge on any atom is 0.261 e. The number of benzene rings is 2. The van der Waals surface area contributed by atoms with Crippen LogP contribution in [0.5, 0.6) is 0 Å². The molecule has 2 bridgehead atoms. The zero-order chi connectivity index (χ0) is 18.2. The number of fused-ring (bicyclic) bond motifs is 2. The number of nitrogens with two attached hydrogens (primary N) is 1. The molecule has 26 heavy (non-hydrogen) atoms. The quantitative estimate of drug-likeness (QED) is 0.574. The van der Waals surface area contributed by atoms with Crippen molar-refractivity contribution >= 4 is 44.2 Å². The summed E-state index contributed by atoms with van der Waals surface area (Å²) in [5, 5.41) is 1.45. The fraction of sp³-hybridized carbons (Fsp3) is 0.400. The first-order chi connectivity index (χ1) is 12.5. The average Bonchev–Trinajstić information content (AvgIpc) is 2.83. The fourth-order valence-electron chi connectivity index (χ4n) is 5.10. The molecule has 0 aromatic heterocycles. The summed E-state index contributed by atoms with van der Waals surface area (Å²) in [6, 6.07) is 8.20. The van der Waals surface area contributed by atoms with Crippen LogP contribution in [0.15, 0.2) is 28.7 Å². The number of carbonyl (C=O) groups excluding carboxylic acids is 2. The Hall–Kier alpha value is -1.92. The molecule has 2 aromatic rings. The average molecular weight is 414 g/mol. The number of halogens is 1. The highest BCUT2D eigenvalue weighted by molar-refractivity contribution is 9.10. The third-order valence-corrected chi connectivity index (χ3v) is 7.15. The number of nitrogens with zero attached hydrogens (tertiary/aromatic N) is 2. The van der Waals surface area contributed by atoms with E-state index in [2.05, 4.69) is 27.9 Å². The Bertz CT molecular complexity index is 959. The Labute approximate surface area is 160 Å². The number of piperidine rings is 1. The van der Waals surface area contributed by atoms with E-state index in [4.69, 9.17) is 5.73 Å². The second-order valence-corrected chi connectivity index (χ2v) is 8.56. The Morgan fingerprint density at radius 1 is 1.04 bits per heavy atom. The molecule has 2 N–H and O–H groups in total. The van der Waals surface area contributed by atoms with Crippen molar-refractivity contribution in [1.82, 2.24) is 9.80 Å². The van der Waals surface area contributed by atoms with Gasteiger partial charge in [0, 0.05) is 44.5 Å². The molecule has 2 fully saturated rings. The summed E-state index contributed by atoms with van der Waals surface area (Å²) in [6.45, 7) is 0. The van der Waals surface area contributed by atoms with Crippen molar-refractivity contribution in [3.63, 3.8) is 0 Å². The Morgan fingerprint density at radius 3 is 2.38 bits per heavy atom. The summed E-state index contributed by atoms with van der Waals surface area (Å²) in [5.74, 6) is -0.364. The molecule has 3 heterocycles. The summed E-state index contributed by atoms with van der Waals surface area (Å²) in [7, 11) is 2.16. The molecule has 5 nitrogen and oxygen atoms in total. The molecular formula is C20H20BrN3O2. The van der Waals surface area contributed by atoms with E-state index in [0.717, 1.165) is 31.1 Å². The molecule has 2 aromatic carbocycles. The van der Waals surface area contributed by atoms with E-state index in [-0.39, 0.29) is 17.9 Å². The van der Waals surface area contributed by atoms with Crippen molar-refractivity contribution in [2.24, 2.45) is 0 Å². The van der Waals surface area contributed by atoms with E-state index in [9.17, 15) is 9.59 Å². The summed E-state index contributed by atoms with van der Waals surface area (Å²) in [6.07, 6.45) is 4.04. The van der Waals surface area contributed by atoms with Gasteiger partial charge in [0.1, 0.15) is 0 Å². The predicted molar refractivity (Wildman–Crippen MR) is 104 cm³/mol. The van der Waals surface area contributed by atoms with Crippen LogP contribution in [0.3, 0.4) is 0 Å². The molecule has 3 atom stereocenters. The van der Waals surface area contributed by atoms with Crippen molar-refractivity contribution in [2.75, 3.05) is 12.8 Å². The minimum atomic E-state index is -0.187. The minimum Gasteiger partial charge on any atom is -0.397 e. The molecule has 0 saturated carbocycles. The second-order valence-electron chi connectivity index (χ2n) is 7.70. The zero-order valence-electron chi connectivity index (χ0n) is 14.5. The SMILES string of the molecule is CN1[C@@H]2CC[C@H]1C[C@H](N1C(=O)c3cccc4c(N)c(Br)cc(c34)C1=O)C2. The molecular weight excluding hydrogens is 394 g/mol. The number of imide groups is 1. The molecule has 0 spiro atoms. The van der Waals surface area contributed by atoms with Crippen LogP contribution in [-0.2, 0) is 0 Å². The van der Waals surface area contributed by atoms with Gasteiger partial charge in [0.25, 0.3) is 11.8 Å². The van der Waals surface area contributed by atoms with Crippen molar-refractivity contribution in [1.29, 1.82) is 0 Å². The van der Waals surface area contributed by atoms with Gasteiger partial charge < -0.3 is 10.6 Å². The van der Waals surface area contributed by atoms with E-state index < -0.39 is 0 Å². The maximum absolute atomic E-state index is 13.3. The highest BCUT2D eigenvalue weighted by Crippen LogP contribution is 2.41. The molecule has 134 valence electrons. The molecule has 6 heteroatoms. The summed E-state index contributed by atoms with van der Waals surface area (Å²) < 4.78 is 0.697. The van der Waals surface area contributed by atoms with Crippen molar-refractivity contribution in [3.05, 3.63) is 39.9 Å². The highest BCUT2D eigenvalue weighted by atomic mass is 79.9. The predicted octanol–water partition coefficient (Wildman–Crippen LogP) is 3.41. The number of hydrogen-bond donors (Lipinski definition) is 1. The van der Waals surface area contributed by atoms with Gasteiger partial charge in [-0.15, -0.1) is 0 Å². The van der Waals surface area contributed by atoms with Gasteiger partial charge in [0.2, 0.25) is 0 Å². The van der Waals surface area contributed by atoms with E-state index in [1.165, 1.54) is 4.90 Å². The van der Waals surface area contributed by atoms with E-state index in [1.54, 1.807) is 6.07 Å². The second kappa shape index (κ2) is 5.54. The van der Waals surface area contributed by atoms with Gasteiger partial charge in [-0.05, 0) is 60.8 Å². The largest absolute Gasteiger partial charge is 0.397 e. The Kier molecular flexibility index (Phi) is 3.46. The molecule has 2 saturated heterocycles. The molecule has 0 aliphatic carbocycles. The van der Waals surface area contributed by atoms with Gasteiger partial charge in [0.15, 0.2) is 0 Å². The van der Waals surface area contributed by atoms with Gasteiger partial charge in [-0.2, -0.15) is 0 Å². The lowest BCUT2D eigenvalue weighted by atomic mass is 9.89. The summed E-state index contributed by atoms with van der Waals surface area (Å²) in [4.78, 5) is 30.5. The van der Waals surface area contributed by atoms with Crippen LogP contribution < -0.4 is 5.73 Å². The van der Waals surface area contributed by atoms with Crippen LogP contribution in [-0.4, -0.2) is 46.8 Å². The summed E-state index contributed by atoms with van der Waals surface area (Å²) in [5.41, 5.74) is 7.90. The first-order valence-corrected chi connectivity index (χ1v) is 9.87. The van der Waals surface area contributed by atoms with E-state index >= 15 is 0 Å². The van der Waals surface area contributed by atoms with Crippen LogP contribution >= 0.6 is 15.9 Å².